The summed E-state index contributed by atoms with van der Waals surface area (Å²) in [5.74, 6) is -1.16. The van der Waals surface area contributed by atoms with Crippen LogP contribution in [0.25, 0.3) is 0 Å². The van der Waals surface area contributed by atoms with Crippen molar-refractivity contribution in [3.05, 3.63) is 23.8 Å². The maximum atomic E-state index is 12.4. The minimum Gasteiger partial charge on any atom is -0.480 e. The van der Waals surface area contributed by atoms with E-state index in [9.17, 15) is 34.5 Å². The zero-order valence-electron chi connectivity index (χ0n) is 25.2. The van der Waals surface area contributed by atoms with Gasteiger partial charge in [-0.25, -0.2) is 0 Å². The number of hydrogen-bond donors (Lipinski definition) is 8. The maximum Gasteiger partial charge on any atom is 0.488 e. The molecule has 8 N–H and O–H groups in total. The van der Waals surface area contributed by atoms with E-state index in [1.807, 2.05) is 0 Å². The van der Waals surface area contributed by atoms with Crippen LogP contribution in [-0.2, 0) is 9.59 Å². The predicted molar refractivity (Wildman–Crippen MR) is 166 cm³/mol. The SMILES string of the molecule is CN[C@@H](CCCCNC(=O)CCCCCCCCCCCCCCNC(=O)c1cc(B(O)O)cc(B(O)O)c1)C(=O)O. The molecule has 0 aliphatic heterocycles. The molecule has 0 aliphatic rings. The summed E-state index contributed by atoms with van der Waals surface area (Å²) in [7, 11) is -1.98. The summed E-state index contributed by atoms with van der Waals surface area (Å²) in [4.78, 5) is 35.2. The second-order valence-corrected chi connectivity index (χ2v) is 10.9. The van der Waals surface area contributed by atoms with Gasteiger partial charge in [0.2, 0.25) is 5.91 Å². The molecule has 1 rings (SSSR count). The van der Waals surface area contributed by atoms with E-state index in [0.29, 0.717) is 25.9 Å². The van der Waals surface area contributed by atoms with Crippen molar-refractivity contribution in [3.63, 3.8) is 0 Å². The van der Waals surface area contributed by atoms with Gasteiger partial charge in [0.15, 0.2) is 0 Å². The molecule has 0 saturated heterocycles. The minimum atomic E-state index is -1.81. The van der Waals surface area contributed by atoms with Crippen molar-refractivity contribution in [3.8, 4) is 0 Å². The number of amides is 2. The fourth-order valence-electron chi connectivity index (χ4n) is 4.77. The Morgan fingerprint density at radius 2 is 1.12 bits per heavy atom. The van der Waals surface area contributed by atoms with Gasteiger partial charge in [0.05, 0.1) is 0 Å². The first-order chi connectivity index (χ1) is 20.1. The van der Waals surface area contributed by atoms with Gasteiger partial charge in [-0.2, -0.15) is 0 Å². The molecule has 0 heterocycles. The van der Waals surface area contributed by atoms with Crippen LogP contribution in [0.5, 0.6) is 0 Å². The van der Waals surface area contributed by atoms with E-state index in [1.165, 1.54) is 50.3 Å². The average Bonchev–Trinajstić information content (AvgIpc) is 2.96. The number of hydrogen-bond acceptors (Lipinski definition) is 8. The number of rotatable bonds is 25. The number of benzene rings is 1. The largest absolute Gasteiger partial charge is 0.488 e. The van der Waals surface area contributed by atoms with Gasteiger partial charge in [0.25, 0.3) is 5.91 Å². The van der Waals surface area contributed by atoms with Gasteiger partial charge in [-0.15, -0.1) is 0 Å². The molecule has 0 bridgehead atoms. The second-order valence-electron chi connectivity index (χ2n) is 10.9. The van der Waals surface area contributed by atoms with Crippen LogP contribution in [0.3, 0.4) is 0 Å². The molecule has 0 spiro atoms. The summed E-state index contributed by atoms with van der Waals surface area (Å²) < 4.78 is 0. The van der Waals surface area contributed by atoms with Gasteiger partial charge in [-0.05, 0) is 62.2 Å². The highest BCUT2D eigenvalue weighted by Gasteiger charge is 2.20. The van der Waals surface area contributed by atoms with E-state index in [0.717, 1.165) is 57.8 Å². The van der Waals surface area contributed by atoms with Crippen LogP contribution in [0.2, 0.25) is 0 Å². The first-order valence-corrected chi connectivity index (χ1v) is 15.5. The Kier molecular flexibility index (Phi) is 20.6. The lowest BCUT2D eigenvalue weighted by Crippen LogP contribution is -2.40. The minimum absolute atomic E-state index is 0.0225. The highest BCUT2D eigenvalue weighted by Crippen LogP contribution is 2.12. The van der Waals surface area contributed by atoms with E-state index in [2.05, 4.69) is 16.0 Å². The predicted octanol–water partition coefficient (Wildman–Crippen LogP) is 0.806. The van der Waals surface area contributed by atoms with Crippen molar-refractivity contribution in [2.24, 2.45) is 0 Å². The fourth-order valence-corrected chi connectivity index (χ4v) is 4.77. The number of carboxylic acids is 1. The van der Waals surface area contributed by atoms with E-state index in [-0.39, 0.29) is 22.4 Å². The Morgan fingerprint density at radius 3 is 1.60 bits per heavy atom. The zero-order valence-corrected chi connectivity index (χ0v) is 25.2. The summed E-state index contributed by atoms with van der Waals surface area (Å²) in [6.45, 7) is 1.09. The molecule has 1 atom stereocenters. The van der Waals surface area contributed by atoms with Crippen molar-refractivity contribution in [1.29, 1.82) is 0 Å². The summed E-state index contributed by atoms with van der Waals surface area (Å²) in [6, 6.07) is 3.35. The molecule has 1 aromatic rings. The lowest BCUT2D eigenvalue weighted by molar-refractivity contribution is -0.139. The van der Waals surface area contributed by atoms with Gasteiger partial charge in [0, 0.05) is 25.1 Å². The number of unbranched alkanes of at least 4 members (excludes halogenated alkanes) is 12. The molecular formula is C29H51B2N3O8. The van der Waals surface area contributed by atoms with Crippen molar-refractivity contribution in [2.75, 3.05) is 20.1 Å². The number of likely N-dealkylation sites (N-methyl/N-ethyl adjacent to an activating group) is 1. The Morgan fingerprint density at radius 1 is 0.667 bits per heavy atom. The first kappa shape index (κ1) is 37.6. The lowest BCUT2D eigenvalue weighted by Gasteiger charge is -2.10. The van der Waals surface area contributed by atoms with Crippen LogP contribution in [0, 0.1) is 0 Å². The Labute approximate surface area is 251 Å². The Balaban J connectivity index is 1.94. The van der Waals surface area contributed by atoms with E-state index < -0.39 is 32.2 Å². The van der Waals surface area contributed by atoms with E-state index in [1.54, 1.807) is 7.05 Å². The molecule has 11 nitrogen and oxygen atoms in total. The number of carbonyl (C=O) groups is 3. The standard InChI is InChI=1S/C29H51B2N3O8/c1-32-26(29(37)38)16-13-15-18-33-27(35)17-12-10-8-6-4-2-3-5-7-9-11-14-19-34-28(36)23-20-24(30(39)40)22-25(21-23)31(41)42/h20-22,26,32,39-42H,2-19H2,1H3,(H,33,35)(H,34,36)(H,37,38)/t26-/m0/s1. The van der Waals surface area contributed by atoms with Gasteiger partial charge < -0.3 is 41.2 Å². The fraction of sp³-hybridized carbons (Fsp3) is 0.690. The third-order valence-corrected chi connectivity index (χ3v) is 7.34. The van der Waals surface area contributed by atoms with Gasteiger partial charge in [-0.1, -0.05) is 70.3 Å². The molecule has 0 radical (unpaired) electrons. The molecule has 2 amide bonds. The summed E-state index contributed by atoms with van der Waals surface area (Å²) >= 11 is 0. The first-order valence-electron chi connectivity index (χ1n) is 15.5. The van der Waals surface area contributed by atoms with Crippen molar-refractivity contribution in [2.45, 2.75) is 109 Å². The number of aliphatic carboxylic acids is 1. The lowest BCUT2D eigenvalue weighted by atomic mass is 9.72. The number of nitrogens with one attached hydrogen (secondary N) is 3. The van der Waals surface area contributed by atoms with Gasteiger partial charge >= 0.3 is 20.2 Å². The molecule has 0 fully saturated rings. The summed E-state index contributed by atoms with van der Waals surface area (Å²) in [5, 5.41) is 54.9. The third kappa shape index (κ3) is 17.5. The van der Waals surface area contributed by atoms with Crippen LogP contribution in [0.4, 0.5) is 0 Å². The molecule has 0 aromatic heterocycles. The Hall–Kier alpha value is -2.44. The quantitative estimate of drug-likeness (QED) is 0.0601. The molecule has 0 saturated carbocycles. The van der Waals surface area contributed by atoms with Gasteiger partial charge in [0.1, 0.15) is 6.04 Å². The van der Waals surface area contributed by atoms with Crippen LogP contribution in [-0.4, -0.2) is 83.4 Å². The van der Waals surface area contributed by atoms with Crippen molar-refractivity contribution >= 4 is 42.9 Å². The Bertz CT molecular complexity index is 895. The molecule has 0 aliphatic carbocycles. The molecule has 236 valence electrons. The van der Waals surface area contributed by atoms with Crippen LogP contribution in [0.1, 0.15) is 113 Å². The normalized spacial score (nSPS) is 11.6. The molecular weight excluding hydrogens is 540 g/mol. The second kappa shape index (κ2) is 23.1. The smallest absolute Gasteiger partial charge is 0.480 e. The maximum absolute atomic E-state index is 12.4. The third-order valence-electron chi connectivity index (χ3n) is 7.34. The monoisotopic (exact) mass is 591 g/mol. The molecule has 13 heteroatoms. The summed E-state index contributed by atoms with van der Waals surface area (Å²) in [6.07, 6.45) is 15.9. The van der Waals surface area contributed by atoms with Crippen molar-refractivity contribution in [1.82, 2.24) is 16.0 Å². The average molecular weight is 591 g/mol. The van der Waals surface area contributed by atoms with Crippen LogP contribution < -0.4 is 26.9 Å². The zero-order chi connectivity index (χ0) is 31.2. The van der Waals surface area contributed by atoms with E-state index in [4.69, 9.17) is 5.11 Å². The molecule has 42 heavy (non-hydrogen) atoms. The topological polar surface area (TPSA) is 188 Å². The van der Waals surface area contributed by atoms with Crippen molar-refractivity contribution < 1.29 is 39.6 Å². The molecule has 0 unspecified atom stereocenters. The molecule has 1 aromatic carbocycles. The number of carboxylic acid groups (broad SMARTS) is 1. The highest BCUT2D eigenvalue weighted by molar-refractivity contribution is 6.62. The van der Waals surface area contributed by atoms with Crippen LogP contribution >= 0.6 is 0 Å². The van der Waals surface area contributed by atoms with Crippen LogP contribution in [0.15, 0.2) is 18.2 Å². The highest BCUT2D eigenvalue weighted by atomic mass is 16.4. The van der Waals surface area contributed by atoms with E-state index >= 15 is 0 Å². The number of carbonyl (C=O) groups excluding carboxylic acids is 2. The van der Waals surface area contributed by atoms with Gasteiger partial charge in [-0.3, -0.25) is 14.4 Å². The summed E-state index contributed by atoms with van der Waals surface area (Å²) in [5.41, 5.74) is 0.194.